The van der Waals surface area contributed by atoms with Gasteiger partial charge in [-0.25, -0.2) is 0 Å². The number of halogens is 7. The van der Waals surface area contributed by atoms with Crippen LogP contribution in [0.1, 0.15) is 5.56 Å². The Bertz CT molecular complexity index is 205. The van der Waals surface area contributed by atoms with Gasteiger partial charge in [-0.15, -0.1) is 0 Å². The van der Waals surface area contributed by atoms with Crippen molar-refractivity contribution in [3.05, 3.63) is 35.9 Å². The van der Waals surface area contributed by atoms with Crippen LogP contribution in [0.5, 0.6) is 0 Å². The number of hydrogen-bond donors (Lipinski definition) is 0. The van der Waals surface area contributed by atoms with Crippen LogP contribution in [0.3, 0.4) is 0 Å². The minimum Gasteiger partial charge on any atom is -0.269 e. The van der Waals surface area contributed by atoms with Gasteiger partial charge in [-0.05, 0) is 0 Å². The van der Waals surface area contributed by atoms with Crippen molar-refractivity contribution in [2.75, 3.05) is 0 Å². The van der Waals surface area contributed by atoms with Crippen LogP contribution in [0.4, 0.5) is 32.0 Å². The van der Waals surface area contributed by atoms with Crippen LogP contribution in [-0.2, 0) is 6.18 Å². The van der Waals surface area contributed by atoms with Crippen molar-refractivity contribution in [3.8, 4) is 0 Å². The molecule has 14 heavy (non-hydrogen) atoms. The van der Waals surface area contributed by atoms with Crippen LogP contribution in [0.2, 0.25) is 0 Å². The molecule has 86 valence electrons. The Hall–Kier alpha value is -1.27. The summed E-state index contributed by atoms with van der Waals surface area (Å²) in [5.41, 5.74) is -0.602. The molecule has 0 radical (unpaired) electrons. The fraction of sp³-hybridized carbons (Fsp3) is 0.143. The van der Waals surface area contributed by atoms with E-state index in [1.54, 1.807) is 6.07 Å². The number of rotatable bonds is 0. The normalized spacial score (nSPS) is 8.21. The molecule has 0 nitrogen and oxygen atoms in total. The first kappa shape index (κ1) is 23.0. The third kappa shape index (κ3) is 6.27. The molecule has 1 rings (SSSR count). The molecule has 0 aliphatic rings. The van der Waals surface area contributed by atoms with Crippen molar-refractivity contribution in [2.24, 2.45) is 0 Å². The van der Waals surface area contributed by atoms with Crippen LogP contribution < -0.4 is 0 Å². The molecule has 0 fully saturated rings. The molecule has 0 heterocycles. The van der Waals surface area contributed by atoms with Crippen molar-refractivity contribution >= 4 is 0 Å². The van der Waals surface area contributed by atoms with E-state index in [0.29, 0.717) is 0 Å². The molecular weight excluding hydrogens is 217 g/mol. The Morgan fingerprint density at radius 2 is 1.07 bits per heavy atom. The van der Waals surface area contributed by atoms with Crippen molar-refractivity contribution in [1.82, 2.24) is 0 Å². The Morgan fingerprint density at radius 3 is 1.29 bits per heavy atom. The molecule has 0 atom stereocenters. The van der Waals surface area contributed by atoms with E-state index in [1.807, 2.05) is 0 Å². The van der Waals surface area contributed by atoms with Gasteiger partial charge in [0.05, 0.1) is 5.56 Å². The average molecular weight is 226 g/mol. The van der Waals surface area contributed by atoms with E-state index in [2.05, 4.69) is 0 Å². The van der Waals surface area contributed by atoms with E-state index in [4.69, 9.17) is 0 Å². The lowest BCUT2D eigenvalue weighted by molar-refractivity contribution is -0.137. The van der Waals surface area contributed by atoms with E-state index in [1.165, 1.54) is 12.1 Å². The van der Waals surface area contributed by atoms with Gasteiger partial charge in [0.25, 0.3) is 0 Å². The summed E-state index contributed by atoms with van der Waals surface area (Å²) in [6.45, 7) is 0. The molecule has 1 aromatic carbocycles. The minimum atomic E-state index is -4.21. The molecule has 0 spiro atoms. The summed E-state index contributed by atoms with van der Waals surface area (Å²) in [7, 11) is 0. The van der Waals surface area contributed by atoms with Gasteiger partial charge in [-0.1, -0.05) is 30.3 Å². The van der Waals surface area contributed by atoms with Gasteiger partial charge in [0, 0.05) is 0 Å². The standard InChI is InChI=1S/C7H5F3.4FH/c8-7(9,10)6-4-2-1-3-5-6;;;;/h1-5H;4*1H. The molecule has 1 aromatic rings. The van der Waals surface area contributed by atoms with Crippen LogP contribution in [0, 0.1) is 0 Å². The Morgan fingerprint density at radius 1 is 0.714 bits per heavy atom. The van der Waals surface area contributed by atoms with Gasteiger partial charge in [-0.2, -0.15) is 13.2 Å². The zero-order valence-electron chi connectivity index (χ0n) is 6.65. The predicted octanol–water partition coefficient (Wildman–Crippen LogP) is 3.32. The van der Waals surface area contributed by atoms with E-state index in [-0.39, 0.29) is 18.8 Å². The number of hydrogen-bond acceptors (Lipinski definition) is 0. The van der Waals surface area contributed by atoms with Gasteiger partial charge < -0.3 is 0 Å². The van der Waals surface area contributed by atoms with E-state index >= 15 is 0 Å². The van der Waals surface area contributed by atoms with E-state index in [0.717, 1.165) is 12.1 Å². The average Bonchev–Trinajstić information content (AvgIpc) is 1.88. The van der Waals surface area contributed by atoms with Crippen LogP contribution in [0.15, 0.2) is 30.3 Å². The van der Waals surface area contributed by atoms with Gasteiger partial charge in [-0.3, -0.25) is 18.8 Å². The zero-order valence-corrected chi connectivity index (χ0v) is 6.65. The topological polar surface area (TPSA) is 0 Å². The zero-order chi connectivity index (χ0) is 7.61. The maximum atomic E-state index is 11.8. The van der Waals surface area contributed by atoms with Crippen LogP contribution in [-0.4, -0.2) is 0 Å². The summed E-state index contributed by atoms with van der Waals surface area (Å²) >= 11 is 0. The summed E-state index contributed by atoms with van der Waals surface area (Å²) in [6, 6.07) is 6.36. The summed E-state index contributed by atoms with van der Waals surface area (Å²) in [5, 5.41) is 0. The SMILES string of the molecule is F.F.F.F.FC(F)(F)c1ccccc1. The Labute approximate surface area is 75.2 Å². The van der Waals surface area contributed by atoms with Crippen molar-refractivity contribution in [3.63, 3.8) is 0 Å². The number of alkyl halides is 3. The highest BCUT2D eigenvalue weighted by Crippen LogP contribution is 2.28. The second kappa shape index (κ2) is 8.33. The quantitative estimate of drug-likeness (QED) is 0.595. The lowest BCUT2D eigenvalue weighted by atomic mass is 10.2. The molecule has 7 heteroatoms. The molecule has 0 saturated heterocycles. The van der Waals surface area contributed by atoms with Crippen molar-refractivity contribution in [2.45, 2.75) is 6.18 Å². The highest BCUT2D eigenvalue weighted by Gasteiger charge is 2.29. The van der Waals surface area contributed by atoms with Crippen LogP contribution >= 0.6 is 0 Å². The third-order valence-electron chi connectivity index (χ3n) is 1.10. The fourth-order valence-corrected chi connectivity index (χ4v) is 0.627. The van der Waals surface area contributed by atoms with E-state index in [9.17, 15) is 13.2 Å². The molecule has 0 unspecified atom stereocenters. The first-order chi connectivity index (χ1) is 4.61. The second-order valence-electron chi connectivity index (χ2n) is 1.86. The largest absolute Gasteiger partial charge is 0.416 e. The highest BCUT2D eigenvalue weighted by molar-refractivity contribution is 5.17. The lowest BCUT2D eigenvalue weighted by Crippen LogP contribution is -2.03. The molecule has 0 amide bonds. The summed E-state index contributed by atoms with van der Waals surface area (Å²) in [5.74, 6) is 0. The summed E-state index contributed by atoms with van der Waals surface area (Å²) in [6.07, 6.45) is -4.21. The Balaban J connectivity index is -0.000000125. The predicted molar refractivity (Wildman–Crippen MR) is 41.5 cm³/mol. The molecular formula is C7H9F7. The van der Waals surface area contributed by atoms with Crippen molar-refractivity contribution < 1.29 is 32.0 Å². The van der Waals surface area contributed by atoms with Gasteiger partial charge >= 0.3 is 6.18 Å². The van der Waals surface area contributed by atoms with E-state index < -0.39 is 11.7 Å². The maximum Gasteiger partial charge on any atom is 0.416 e. The van der Waals surface area contributed by atoms with Gasteiger partial charge in [0.15, 0.2) is 0 Å². The molecule has 0 N–H and O–H groups in total. The molecule has 0 saturated carbocycles. The third-order valence-corrected chi connectivity index (χ3v) is 1.10. The maximum absolute atomic E-state index is 11.8. The van der Waals surface area contributed by atoms with Crippen molar-refractivity contribution in [1.29, 1.82) is 0 Å². The second-order valence-corrected chi connectivity index (χ2v) is 1.86. The smallest absolute Gasteiger partial charge is 0.269 e. The molecule has 0 aliphatic carbocycles. The van der Waals surface area contributed by atoms with Gasteiger partial charge in [0.1, 0.15) is 0 Å². The monoisotopic (exact) mass is 226 g/mol. The molecule has 0 bridgehead atoms. The summed E-state index contributed by atoms with van der Waals surface area (Å²) in [4.78, 5) is 0. The number of benzene rings is 1. The lowest BCUT2D eigenvalue weighted by Gasteiger charge is -2.03. The molecule has 0 aromatic heterocycles. The highest BCUT2D eigenvalue weighted by atomic mass is 19.4. The first-order valence-electron chi connectivity index (χ1n) is 2.73. The first-order valence-corrected chi connectivity index (χ1v) is 2.73. The molecule has 0 aliphatic heterocycles. The summed E-state index contributed by atoms with van der Waals surface area (Å²) < 4.78 is 35.4. The Kier molecular flexibility index (Phi) is 13.7. The minimum absolute atomic E-state index is 0. The van der Waals surface area contributed by atoms with Gasteiger partial charge in [0.2, 0.25) is 0 Å². The van der Waals surface area contributed by atoms with Crippen LogP contribution in [0.25, 0.3) is 0 Å². The fourth-order valence-electron chi connectivity index (χ4n) is 0.627.